The number of thiazole rings is 1. The van der Waals surface area contributed by atoms with E-state index in [0.717, 1.165) is 53.0 Å². The third kappa shape index (κ3) is 6.95. The summed E-state index contributed by atoms with van der Waals surface area (Å²) in [5.74, 6) is 0.635. The Kier molecular flexibility index (Phi) is 8.33. The minimum Gasteiger partial charge on any atom is -0.444 e. The number of amides is 2. The molecule has 11 nitrogen and oxygen atoms in total. The molecule has 0 unspecified atom stereocenters. The number of benzene rings is 1. The van der Waals surface area contributed by atoms with E-state index in [1.54, 1.807) is 12.4 Å². The van der Waals surface area contributed by atoms with Gasteiger partial charge in [-0.25, -0.2) is 19.7 Å². The van der Waals surface area contributed by atoms with Crippen molar-refractivity contribution in [1.29, 1.82) is 0 Å². The number of piperazine rings is 1. The van der Waals surface area contributed by atoms with Crippen molar-refractivity contribution in [2.75, 3.05) is 42.9 Å². The fraction of sp³-hybridized carbons (Fsp3) is 0.370. The van der Waals surface area contributed by atoms with E-state index in [2.05, 4.69) is 51.3 Å². The molecule has 1 fully saturated rings. The monoisotopic (exact) mass is 626 g/mol. The zero-order chi connectivity index (χ0) is 28.3. The highest BCUT2D eigenvalue weighted by molar-refractivity contribution is 9.10. The molecule has 3 N–H and O–H groups in total. The van der Waals surface area contributed by atoms with Crippen molar-refractivity contribution in [1.82, 2.24) is 30.2 Å². The summed E-state index contributed by atoms with van der Waals surface area (Å²) in [7, 11) is 0. The van der Waals surface area contributed by atoms with Gasteiger partial charge < -0.3 is 25.3 Å². The van der Waals surface area contributed by atoms with Gasteiger partial charge in [0.2, 0.25) is 5.91 Å². The number of anilines is 2. The molecule has 5 rings (SSSR count). The minimum atomic E-state index is -0.553. The van der Waals surface area contributed by atoms with Crippen molar-refractivity contribution in [2.24, 2.45) is 0 Å². The lowest BCUT2D eigenvalue weighted by atomic mass is 10.1. The Morgan fingerprint density at radius 1 is 1.18 bits per heavy atom. The highest BCUT2D eigenvalue weighted by Gasteiger charge is 2.24. The summed E-state index contributed by atoms with van der Waals surface area (Å²) in [5, 5.41) is 8.10. The molecule has 4 heterocycles. The minimum absolute atomic E-state index is 0.0578. The molecular formula is C27H31BrN8O3S. The summed E-state index contributed by atoms with van der Waals surface area (Å²) in [5.41, 5.74) is 3.72. The van der Waals surface area contributed by atoms with Gasteiger partial charge in [-0.2, -0.15) is 0 Å². The number of rotatable bonds is 7. The van der Waals surface area contributed by atoms with Crippen molar-refractivity contribution in [3.63, 3.8) is 0 Å². The molecule has 40 heavy (non-hydrogen) atoms. The summed E-state index contributed by atoms with van der Waals surface area (Å²) in [6.45, 7) is 9.16. The molecular weight excluding hydrogens is 596 g/mol. The molecule has 0 saturated carbocycles. The quantitative estimate of drug-likeness (QED) is 0.271. The molecule has 1 aromatic carbocycles. The third-order valence-electron chi connectivity index (χ3n) is 6.22. The van der Waals surface area contributed by atoms with E-state index in [-0.39, 0.29) is 5.91 Å². The predicted octanol–water partition coefficient (Wildman–Crippen LogP) is 4.63. The molecule has 0 aliphatic carbocycles. The molecule has 1 aliphatic rings. The molecule has 0 bridgehead atoms. The average molecular weight is 628 g/mol. The largest absolute Gasteiger partial charge is 0.444 e. The first-order valence-corrected chi connectivity index (χ1v) is 14.6. The van der Waals surface area contributed by atoms with Crippen LogP contribution >= 0.6 is 27.3 Å². The number of hydrogen-bond acceptors (Lipinski definition) is 9. The van der Waals surface area contributed by atoms with Crippen LogP contribution in [0.2, 0.25) is 0 Å². The zero-order valence-corrected chi connectivity index (χ0v) is 24.9. The molecule has 4 aromatic rings. The van der Waals surface area contributed by atoms with E-state index in [9.17, 15) is 9.59 Å². The second kappa shape index (κ2) is 11.9. The Balaban J connectivity index is 1.27. The van der Waals surface area contributed by atoms with E-state index in [1.165, 1.54) is 11.3 Å². The number of nitrogens with one attached hydrogen (secondary N) is 3. The van der Waals surface area contributed by atoms with Crippen LogP contribution in [0, 0.1) is 0 Å². The number of nitrogens with zero attached hydrogens (tertiary/aromatic N) is 5. The SMILES string of the molecule is CC(C)(C)OC(=O)NCc1cccc(-c2nc3ncc(Br)c(N4CCN(CC(=O)Nc5nccs5)CC4)c3[nH]2)c1. The van der Waals surface area contributed by atoms with Gasteiger partial charge in [0.25, 0.3) is 0 Å². The lowest BCUT2D eigenvalue weighted by Crippen LogP contribution is -2.48. The van der Waals surface area contributed by atoms with E-state index in [4.69, 9.17) is 9.72 Å². The summed E-state index contributed by atoms with van der Waals surface area (Å²) in [6.07, 6.45) is 2.99. The van der Waals surface area contributed by atoms with Gasteiger partial charge in [0.05, 0.1) is 16.7 Å². The average Bonchev–Trinajstić information content (AvgIpc) is 3.57. The summed E-state index contributed by atoms with van der Waals surface area (Å²) in [6, 6.07) is 7.83. The first kappa shape index (κ1) is 28.0. The highest BCUT2D eigenvalue weighted by atomic mass is 79.9. The van der Waals surface area contributed by atoms with Gasteiger partial charge >= 0.3 is 6.09 Å². The molecule has 2 amide bonds. The standard InChI is InChI=1S/C27H31BrN8O3S/c1-27(2,3)39-26(38)31-14-17-5-4-6-18(13-17)23-33-21-22(19(28)15-30-24(21)34-23)36-10-8-35(9-11-36)16-20(37)32-25-29-7-12-40-25/h4-7,12-13,15H,8-11,14,16H2,1-3H3,(H,31,38)(H,29,32,37)(H,30,33,34). The van der Waals surface area contributed by atoms with Gasteiger partial charge in [-0.05, 0) is 48.3 Å². The van der Waals surface area contributed by atoms with Gasteiger partial charge in [-0.1, -0.05) is 18.2 Å². The van der Waals surface area contributed by atoms with E-state index < -0.39 is 11.7 Å². The fourth-order valence-electron chi connectivity index (χ4n) is 4.46. The van der Waals surface area contributed by atoms with Gasteiger partial charge in [0, 0.05) is 56.1 Å². The van der Waals surface area contributed by atoms with Crippen molar-refractivity contribution < 1.29 is 14.3 Å². The molecule has 1 saturated heterocycles. The number of fused-ring (bicyclic) bond motifs is 1. The molecule has 0 radical (unpaired) electrons. The van der Waals surface area contributed by atoms with Crippen LogP contribution < -0.4 is 15.5 Å². The number of hydrogen-bond donors (Lipinski definition) is 3. The first-order chi connectivity index (χ1) is 19.1. The maximum Gasteiger partial charge on any atom is 0.407 e. The van der Waals surface area contributed by atoms with Crippen LogP contribution in [0.3, 0.4) is 0 Å². The topological polar surface area (TPSA) is 128 Å². The van der Waals surface area contributed by atoms with Gasteiger partial charge in [-0.15, -0.1) is 11.3 Å². The number of H-pyrrole nitrogens is 1. The van der Waals surface area contributed by atoms with Gasteiger partial charge in [0.1, 0.15) is 16.9 Å². The van der Waals surface area contributed by atoms with Gasteiger partial charge in [-0.3, -0.25) is 9.69 Å². The second-order valence-corrected chi connectivity index (χ2v) is 12.2. The van der Waals surface area contributed by atoms with Crippen molar-refractivity contribution >= 4 is 61.2 Å². The number of imidazole rings is 1. The van der Waals surface area contributed by atoms with Gasteiger partial charge in [0.15, 0.2) is 10.8 Å². The number of halogens is 1. The lowest BCUT2D eigenvalue weighted by Gasteiger charge is -2.36. The molecule has 210 valence electrons. The number of carbonyl (C=O) groups excluding carboxylic acids is 2. The van der Waals surface area contributed by atoms with Crippen LogP contribution in [0.15, 0.2) is 46.5 Å². The smallest absolute Gasteiger partial charge is 0.407 e. The van der Waals surface area contributed by atoms with Crippen LogP contribution in [0.4, 0.5) is 15.6 Å². The number of pyridine rings is 1. The number of alkyl carbamates (subject to hydrolysis) is 1. The Morgan fingerprint density at radius 2 is 1.98 bits per heavy atom. The maximum absolute atomic E-state index is 12.4. The first-order valence-electron chi connectivity index (χ1n) is 12.9. The van der Waals surface area contributed by atoms with Crippen molar-refractivity contribution in [2.45, 2.75) is 32.9 Å². The summed E-state index contributed by atoms with van der Waals surface area (Å²) < 4.78 is 6.21. The number of carbonyl (C=O) groups is 2. The predicted molar refractivity (Wildman–Crippen MR) is 159 cm³/mol. The number of aromatic nitrogens is 4. The Bertz CT molecular complexity index is 1490. The van der Waals surface area contributed by atoms with Crippen LogP contribution in [0.5, 0.6) is 0 Å². The van der Waals surface area contributed by atoms with Crippen LogP contribution in [-0.2, 0) is 16.1 Å². The van der Waals surface area contributed by atoms with Crippen LogP contribution in [0.1, 0.15) is 26.3 Å². The van der Waals surface area contributed by atoms with E-state index >= 15 is 0 Å². The molecule has 3 aromatic heterocycles. The molecule has 13 heteroatoms. The van der Waals surface area contributed by atoms with Crippen molar-refractivity contribution in [3.8, 4) is 11.4 Å². The normalized spacial score (nSPS) is 14.3. The van der Waals surface area contributed by atoms with E-state index in [0.29, 0.717) is 29.7 Å². The second-order valence-electron chi connectivity index (χ2n) is 10.4. The summed E-state index contributed by atoms with van der Waals surface area (Å²) >= 11 is 5.09. The number of aromatic amines is 1. The third-order valence-corrected chi connectivity index (χ3v) is 7.49. The van der Waals surface area contributed by atoms with Crippen LogP contribution in [-0.4, -0.2) is 75.2 Å². The molecule has 0 atom stereocenters. The van der Waals surface area contributed by atoms with E-state index in [1.807, 2.05) is 50.4 Å². The fourth-order valence-corrected chi connectivity index (χ4v) is 5.56. The van der Waals surface area contributed by atoms with Crippen molar-refractivity contribution in [3.05, 3.63) is 52.1 Å². The zero-order valence-electron chi connectivity index (χ0n) is 22.5. The summed E-state index contributed by atoms with van der Waals surface area (Å²) in [4.78, 5) is 45.8. The molecule has 1 aliphatic heterocycles. The Hall–Kier alpha value is -3.55. The maximum atomic E-state index is 12.4. The Morgan fingerprint density at radius 3 is 2.70 bits per heavy atom. The van der Waals surface area contributed by atoms with Crippen LogP contribution in [0.25, 0.3) is 22.6 Å². The molecule has 0 spiro atoms. The number of ether oxygens (including phenoxy) is 1. The highest BCUT2D eigenvalue weighted by Crippen LogP contribution is 2.34. The lowest BCUT2D eigenvalue weighted by molar-refractivity contribution is -0.117. The Labute approximate surface area is 244 Å².